The van der Waals surface area contributed by atoms with Gasteiger partial charge in [-0.15, -0.1) is 11.3 Å². The van der Waals surface area contributed by atoms with Gasteiger partial charge in [0.15, 0.2) is 0 Å². The van der Waals surface area contributed by atoms with Gasteiger partial charge in [-0.1, -0.05) is 11.2 Å². The molecule has 2 rings (SSSR count). The van der Waals surface area contributed by atoms with Crippen molar-refractivity contribution >= 4 is 23.1 Å². The van der Waals surface area contributed by atoms with Gasteiger partial charge in [-0.3, -0.25) is 0 Å². The first-order valence-electron chi connectivity index (χ1n) is 5.41. The molecule has 2 aromatic rings. The fraction of sp³-hybridized carbons (Fsp3) is 0.0714. The maximum atomic E-state index is 9.04. The molecule has 0 atom stereocenters. The predicted molar refractivity (Wildman–Crippen MR) is 74.7 cm³/mol. The van der Waals surface area contributed by atoms with E-state index in [-0.39, 0.29) is 0 Å². The van der Waals surface area contributed by atoms with E-state index in [0.29, 0.717) is 5.71 Å². The van der Waals surface area contributed by atoms with Crippen LogP contribution in [-0.4, -0.2) is 18.0 Å². The van der Waals surface area contributed by atoms with Gasteiger partial charge in [0.25, 0.3) is 0 Å². The average Bonchev–Trinajstić information content (AvgIpc) is 2.93. The average molecular weight is 259 g/mol. The molecule has 4 heteroatoms. The molecule has 0 saturated carbocycles. The summed E-state index contributed by atoms with van der Waals surface area (Å²) in [6.45, 7) is 0. The van der Waals surface area contributed by atoms with Gasteiger partial charge in [-0.25, -0.2) is 0 Å². The summed E-state index contributed by atoms with van der Waals surface area (Å²) in [5.41, 5.74) is 1.36. The summed E-state index contributed by atoms with van der Waals surface area (Å²) in [5.74, 6) is 0.776. The minimum atomic E-state index is 0.519. The molecule has 18 heavy (non-hydrogen) atoms. The van der Waals surface area contributed by atoms with Gasteiger partial charge in [0.2, 0.25) is 0 Å². The molecule has 0 unspecified atom stereocenters. The van der Waals surface area contributed by atoms with Gasteiger partial charge in [0, 0.05) is 10.4 Å². The van der Waals surface area contributed by atoms with Gasteiger partial charge in [-0.05, 0) is 47.9 Å². The second-order valence-electron chi connectivity index (χ2n) is 3.56. The van der Waals surface area contributed by atoms with Crippen LogP contribution in [0.25, 0.3) is 6.08 Å². The van der Waals surface area contributed by atoms with Gasteiger partial charge in [0.1, 0.15) is 11.5 Å². The first kappa shape index (κ1) is 12.4. The summed E-state index contributed by atoms with van der Waals surface area (Å²) < 4.78 is 5.08. The SMILES string of the molecule is COc1ccc(C(C=Cc2cccs2)=NO)cc1. The monoisotopic (exact) mass is 259 g/mol. The highest BCUT2D eigenvalue weighted by Crippen LogP contribution is 2.14. The number of methoxy groups -OCH3 is 1. The number of hydrogen-bond donors (Lipinski definition) is 1. The minimum Gasteiger partial charge on any atom is -0.497 e. The third kappa shape index (κ3) is 2.99. The molecule has 0 fully saturated rings. The molecule has 0 radical (unpaired) electrons. The molecule has 0 amide bonds. The zero-order valence-corrected chi connectivity index (χ0v) is 10.7. The van der Waals surface area contributed by atoms with Crippen LogP contribution in [0.2, 0.25) is 0 Å². The molecule has 0 bridgehead atoms. The Kier molecular flexibility index (Phi) is 4.15. The van der Waals surface area contributed by atoms with Crippen molar-refractivity contribution in [1.29, 1.82) is 0 Å². The van der Waals surface area contributed by atoms with Crippen molar-refractivity contribution < 1.29 is 9.94 Å². The van der Waals surface area contributed by atoms with Crippen molar-refractivity contribution in [3.05, 3.63) is 58.3 Å². The zero-order valence-electron chi connectivity index (χ0n) is 9.91. The second-order valence-corrected chi connectivity index (χ2v) is 4.54. The minimum absolute atomic E-state index is 0.519. The summed E-state index contributed by atoms with van der Waals surface area (Å²) in [6, 6.07) is 11.4. The maximum Gasteiger partial charge on any atom is 0.118 e. The van der Waals surface area contributed by atoms with Crippen LogP contribution >= 0.6 is 11.3 Å². The highest BCUT2D eigenvalue weighted by molar-refractivity contribution is 7.10. The highest BCUT2D eigenvalue weighted by Gasteiger charge is 2.01. The number of oxime groups is 1. The highest BCUT2D eigenvalue weighted by atomic mass is 32.1. The Bertz CT molecular complexity index is 542. The van der Waals surface area contributed by atoms with Crippen LogP contribution in [0.4, 0.5) is 0 Å². The van der Waals surface area contributed by atoms with Gasteiger partial charge in [-0.2, -0.15) is 0 Å². The summed E-state index contributed by atoms with van der Waals surface area (Å²) in [6.07, 6.45) is 3.71. The summed E-state index contributed by atoms with van der Waals surface area (Å²) in [5, 5.41) is 14.4. The molecule has 1 aromatic carbocycles. The van der Waals surface area contributed by atoms with Crippen molar-refractivity contribution in [2.75, 3.05) is 7.11 Å². The van der Waals surface area contributed by atoms with E-state index in [1.54, 1.807) is 24.5 Å². The van der Waals surface area contributed by atoms with E-state index in [0.717, 1.165) is 16.2 Å². The Labute approximate surface area is 110 Å². The molecule has 0 spiro atoms. The fourth-order valence-electron chi connectivity index (χ4n) is 1.50. The van der Waals surface area contributed by atoms with E-state index in [4.69, 9.17) is 9.94 Å². The number of rotatable bonds is 4. The molecule has 0 aliphatic rings. The van der Waals surface area contributed by atoms with Crippen molar-refractivity contribution in [1.82, 2.24) is 0 Å². The van der Waals surface area contributed by atoms with Crippen LogP contribution in [0.5, 0.6) is 5.75 Å². The Morgan fingerprint density at radius 1 is 1.28 bits per heavy atom. The second kappa shape index (κ2) is 6.02. The number of ether oxygens (including phenoxy) is 1. The molecule has 1 aromatic heterocycles. The zero-order chi connectivity index (χ0) is 12.8. The molecule has 3 nitrogen and oxygen atoms in total. The van der Waals surface area contributed by atoms with E-state index < -0.39 is 0 Å². The van der Waals surface area contributed by atoms with Crippen LogP contribution in [0.15, 0.2) is 53.0 Å². The van der Waals surface area contributed by atoms with Crippen LogP contribution in [-0.2, 0) is 0 Å². The number of hydrogen-bond acceptors (Lipinski definition) is 4. The first-order valence-corrected chi connectivity index (χ1v) is 6.29. The van der Waals surface area contributed by atoms with Crippen molar-refractivity contribution in [3.63, 3.8) is 0 Å². The molecular weight excluding hydrogens is 246 g/mol. The maximum absolute atomic E-state index is 9.04. The molecule has 1 N–H and O–H groups in total. The standard InChI is InChI=1S/C14H13NO2S/c1-17-12-6-4-11(5-7-12)14(15-16)9-8-13-3-2-10-18-13/h2-10,16H,1H3. The van der Waals surface area contributed by atoms with E-state index in [9.17, 15) is 0 Å². The molecule has 0 saturated heterocycles. The van der Waals surface area contributed by atoms with Gasteiger partial charge >= 0.3 is 0 Å². The molecule has 92 valence electrons. The van der Waals surface area contributed by atoms with Crippen molar-refractivity contribution in [3.8, 4) is 5.75 Å². The predicted octanol–water partition coefficient (Wildman–Crippen LogP) is 3.65. The number of nitrogens with zero attached hydrogens (tertiary/aromatic N) is 1. The summed E-state index contributed by atoms with van der Waals surface area (Å²) >= 11 is 1.63. The van der Waals surface area contributed by atoms with E-state index in [2.05, 4.69) is 5.16 Å². The van der Waals surface area contributed by atoms with Crippen LogP contribution < -0.4 is 4.74 Å². The summed E-state index contributed by atoms with van der Waals surface area (Å²) in [4.78, 5) is 1.12. The lowest BCUT2D eigenvalue weighted by Crippen LogP contribution is -1.96. The van der Waals surface area contributed by atoms with E-state index in [1.165, 1.54) is 0 Å². The topological polar surface area (TPSA) is 41.8 Å². The number of allylic oxidation sites excluding steroid dienone is 1. The summed E-state index contributed by atoms with van der Waals surface area (Å²) in [7, 11) is 1.62. The number of benzene rings is 1. The third-order valence-electron chi connectivity index (χ3n) is 2.44. The molecule has 0 aliphatic heterocycles. The van der Waals surface area contributed by atoms with E-state index in [1.807, 2.05) is 47.9 Å². The fourth-order valence-corrected chi connectivity index (χ4v) is 2.11. The quantitative estimate of drug-likeness (QED) is 0.517. The normalized spacial score (nSPS) is 11.9. The Balaban J connectivity index is 2.18. The van der Waals surface area contributed by atoms with Gasteiger partial charge in [0.05, 0.1) is 7.11 Å². The third-order valence-corrected chi connectivity index (χ3v) is 3.28. The van der Waals surface area contributed by atoms with E-state index >= 15 is 0 Å². The Hall–Kier alpha value is -2.07. The van der Waals surface area contributed by atoms with Crippen molar-refractivity contribution in [2.24, 2.45) is 5.16 Å². The smallest absolute Gasteiger partial charge is 0.118 e. The molecular formula is C14H13NO2S. The van der Waals surface area contributed by atoms with Gasteiger partial charge < -0.3 is 9.94 Å². The first-order chi connectivity index (χ1) is 8.83. The van der Waals surface area contributed by atoms with Crippen LogP contribution in [0.3, 0.4) is 0 Å². The molecule has 1 heterocycles. The lowest BCUT2D eigenvalue weighted by molar-refractivity contribution is 0.320. The lowest BCUT2D eigenvalue weighted by Gasteiger charge is -2.02. The molecule has 0 aliphatic carbocycles. The Morgan fingerprint density at radius 3 is 2.61 bits per heavy atom. The van der Waals surface area contributed by atoms with Crippen LogP contribution in [0.1, 0.15) is 10.4 Å². The van der Waals surface area contributed by atoms with Crippen molar-refractivity contribution in [2.45, 2.75) is 0 Å². The largest absolute Gasteiger partial charge is 0.497 e. The van der Waals surface area contributed by atoms with Crippen LogP contribution in [0, 0.1) is 0 Å². The Morgan fingerprint density at radius 2 is 2.06 bits per heavy atom. The number of thiophene rings is 1. The lowest BCUT2D eigenvalue weighted by atomic mass is 10.1.